The zero-order valence-corrected chi connectivity index (χ0v) is 65.3. The van der Waals surface area contributed by atoms with Crippen molar-refractivity contribution in [2.45, 2.75) is 0 Å². The molecule has 0 saturated heterocycles. The maximum Gasteiger partial charge on any atom is 0.165 e. The molecule has 10 heteroatoms. The van der Waals surface area contributed by atoms with Gasteiger partial charge in [0.1, 0.15) is 0 Å². The van der Waals surface area contributed by atoms with Gasteiger partial charge in [0.05, 0.1) is 22.1 Å². The Bertz CT molecular complexity index is 7570. The molecule has 0 spiro atoms. The molecule has 0 aliphatic rings. The van der Waals surface area contributed by atoms with E-state index < -0.39 is 0 Å². The molecule has 0 bridgehead atoms. The van der Waals surface area contributed by atoms with Crippen LogP contribution in [0.25, 0.3) is 219 Å². The Morgan fingerprint density at radius 3 is 0.873 bits per heavy atom. The molecule has 23 aromatic rings. The van der Waals surface area contributed by atoms with E-state index in [4.69, 9.17) is 29.9 Å². The number of para-hydroxylation sites is 2. The van der Waals surface area contributed by atoms with Crippen LogP contribution in [0.3, 0.4) is 0 Å². The molecule has 0 atom stereocenters. The van der Waals surface area contributed by atoms with Crippen LogP contribution in [-0.2, 0) is 0 Å². The second kappa shape index (κ2) is 29.6. The Kier molecular flexibility index (Phi) is 17.5. The van der Waals surface area contributed by atoms with Gasteiger partial charge in [0.15, 0.2) is 34.9 Å². The second-order valence-corrected chi connectivity index (χ2v) is 31.8. The van der Waals surface area contributed by atoms with Crippen LogP contribution < -0.4 is 0 Å². The van der Waals surface area contributed by atoms with E-state index in [0.717, 1.165) is 93.0 Å². The third-order valence-electron chi connectivity index (χ3n) is 22.5. The fourth-order valence-corrected chi connectivity index (χ4v) is 19.2. The number of fused-ring (bicyclic) bond motifs is 12. The summed E-state index contributed by atoms with van der Waals surface area (Å²) in [6, 6.07) is 146. The topological polar surface area (TPSA) is 87.2 Å². The number of rotatable bonds is 13. The predicted molar refractivity (Wildman–Crippen MR) is 494 cm³/mol. The number of hydrogen-bond donors (Lipinski definition) is 0. The zero-order chi connectivity index (χ0) is 78.0. The van der Waals surface area contributed by atoms with Crippen molar-refractivity contribution in [1.29, 1.82) is 0 Å². The van der Waals surface area contributed by atoms with E-state index in [2.05, 4.69) is 349 Å². The van der Waals surface area contributed by atoms with Crippen molar-refractivity contribution in [1.82, 2.24) is 39.0 Å². The third-order valence-corrected chi connectivity index (χ3v) is 24.9. The van der Waals surface area contributed by atoms with E-state index >= 15 is 0 Å². The minimum Gasteiger partial charge on any atom is -0.309 e. The van der Waals surface area contributed by atoms with Gasteiger partial charge in [-0.1, -0.05) is 322 Å². The van der Waals surface area contributed by atoms with Crippen molar-refractivity contribution in [3.8, 4) is 135 Å². The van der Waals surface area contributed by atoms with Crippen LogP contribution in [0.2, 0.25) is 0 Å². The first-order valence-electron chi connectivity index (χ1n) is 39.6. The zero-order valence-electron chi connectivity index (χ0n) is 63.7. The van der Waals surface area contributed by atoms with Crippen LogP contribution in [-0.4, -0.2) is 39.0 Å². The summed E-state index contributed by atoms with van der Waals surface area (Å²) in [5.41, 5.74) is 24.2. The van der Waals surface area contributed by atoms with Gasteiger partial charge in [-0.25, -0.2) is 29.9 Å². The first-order valence-corrected chi connectivity index (χ1v) is 41.2. The number of nitrogens with zero attached hydrogens (tertiary/aromatic N) is 8. The van der Waals surface area contributed by atoms with Crippen LogP contribution >= 0.6 is 22.7 Å². The molecule has 0 saturated carbocycles. The molecule has 0 amide bonds. The largest absolute Gasteiger partial charge is 0.309 e. The van der Waals surface area contributed by atoms with Gasteiger partial charge in [0.25, 0.3) is 0 Å². The molecule has 17 aromatic carbocycles. The van der Waals surface area contributed by atoms with Gasteiger partial charge in [0, 0.05) is 107 Å². The van der Waals surface area contributed by atoms with Crippen LogP contribution in [0, 0.1) is 0 Å². The van der Waals surface area contributed by atoms with Crippen molar-refractivity contribution in [2.75, 3.05) is 0 Å². The summed E-state index contributed by atoms with van der Waals surface area (Å²) in [7, 11) is 0. The van der Waals surface area contributed by atoms with Crippen molar-refractivity contribution >= 4 is 107 Å². The highest BCUT2D eigenvalue weighted by atomic mass is 32.1. The highest BCUT2D eigenvalue weighted by Gasteiger charge is 2.24. The van der Waals surface area contributed by atoms with E-state index in [1.54, 1.807) is 22.7 Å². The molecule has 0 radical (unpaired) electrons. The molecule has 552 valence electrons. The second-order valence-electron chi connectivity index (χ2n) is 29.7. The smallest absolute Gasteiger partial charge is 0.165 e. The lowest BCUT2D eigenvalue weighted by atomic mass is 9.95. The van der Waals surface area contributed by atoms with Crippen molar-refractivity contribution < 1.29 is 0 Å². The monoisotopic (exact) mass is 1540 g/mol. The minimum absolute atomic E-state index is 0.646. The fourth-order valence-electron chi connectivity index (χ4n) is 16.8. The number of hydrogen-bond acceptors (Lipinski definition) is 8. The Balaban J connectivity index is 0.000000143. The van der Waals surface area contributed by atoms with Gasteiger partial charge in [0.2, 0.25) is 0 Å². The van der Waals surface area contributed by atoms with Crippen molar-refractivity contribution in [2.24, 2.45) is 0 Å². The molecule has 0 unspecified atom stereocenters. The van der Waals surface area contributed by atoms with E-state index in [1.807, 2.05) is 72.8 Å². The van der Waals surface area contributed by atoms with Gasteiger partial charge in [-0.15, -0.1) is 22.7 Å². The Hall–Kier alpha value is -15.2. The first-order chi connectivity index (χ1) is 58.5. The Morgan fingerprint density at radius 2 is 0.449 bits per heavy atom. The number of aromatic nitrogens is 8. The summed E-state index contributed by atoms with van der Waals surface area (Å²) < 4.78 is 9.59. The van der Waals surface area contributed by atoms with Gasteiger partial charge < -0.3 is 9.13 Å². The molecular weight excluding hydrogens is 1470 g/mol. The summed E-state index contributed by atoms with van der Waals surface area (Å²) >= 11 is 3.58. The highest BCUT2D eigenvalue weighted by Crippen LogP contribution is 2.47. The van der Waals surface area contributed by atoms with Crippen LogP contribution in [0.15, 0.2) is 413 Å². The third kappa shape index (κ3) is 12.7. The number of benzene rings is 17. The molecular formula is C108H68N8S2. The van der Waals surface area contributed by atoms with E-state index in [-0.39, 0.29) is 0 Å². The average molecular weight is 1540 g/mol. The summed E-state index contributed by atoms with van der Waals surface area (Å²) in [5.74, 6) is 3.90. The summed E-state index contributed by atoms with van der Waals surface area (Å²) in [6.07, 6.45) is 0. The van der Waals surface area contributed by atoms with Crippen LogP contribution in [0.5, 0.6) is 0 Å². The molecule has 8 nitrogen and oxygen atoms in total. The highest BCUT2D eigenvalue weighted by molar-refractivity contribution is 7.26. The van der Waals surface area contributed by atoms with Crippen LogP contribution in [0.1, 0.15) is 0 Å². The molecule has 23 rings (SSSR count). The maximum atomic E-state index is 5.23. The van der Waals surface area contributed by atoms with E-state index in [0.29, 0.717) is 34.9 Å². The molecule has 0 aliphatic carbocycles. The fraction of sp³-hybridized carbons (Fsp3) is 0. The lowest BCUT2D eigenvalue weighted by molar-refractivity contribution is 1.08. The van der Waals surface area contributed by atoms with Gasteiger partial charge in [-0.2, -0.15) is 0 Å². The SMILES string of the molecule is c1ccc(-c2ccc3c4ccc(-c5ccccc5)cc4n(-c4cccc(-c5cc(-c6nc(-c7ccccc7)nc(-c7ccccc7)n6)c6sc7ccccc7c6c5)c4)c3c2)cc1.c1ccc(-c2nc(-c3ccccc3)nc(-c3cc(-c4cccc(-c5ccc6c7ccccc7n(-c7ccccc7)c6c5)c4)cc4c3sc3ccccc34)n2)cc1. The lowest BCUT2D eigenvalue weighted by Gasteiger charge is -2.13. The average Bonchev–Trinajstić information content (AvgIpc) is 1.56. The first kappa shape index (κ1) is 69.5. The lowest BCUT2D eigenvalue weighted by Crippen LogP contribution is -2.00. The minimum atomic E-state index is 0.646. The Morgan fingerprint density at radius 1 is 0.161 bits per heavy atom. The maximum absolute atomic E-state index is 5.23. The molecule has 0 aliphatic heterocycles. The van der Waals surface area contributed by atoms with Gasteiger partial charge in [-0.3, -0.25) is 0 Å². The molecule has 6 aromatic heterocycles. The molecule has 0 fully saturated rings. The van der Waals surface area contributed by atoms with Gasteiger partial charge in [-0.05, 0) is 147 Å². The summed E-state index contributed by atoms with van der Waals surface area (Å²) in [5, 5.41) is 9.75. The molecule has 118 heavy (non-hydrogen) atoms. The normalized spacial score (nSPS) is 11.6. The standard InChI is InChI=1S/C57H36N4S.C51H32N4S/c1-5-16-37(17-6-1)42-28-30-46-47-31-29-43(38-18-7-2-8-19-38)36-52(47)61(51(46)35-42)45-25-15-24-41(32-45)44-33-49-48-26-13-14-27-53(48)62-54(49)50(34-44)57-59-55(39-20-9-3-10-21-39)58-56(60-57)40-22-11-4-12-23-40;1-4-15-33(16-5-1)49-52-50(34-17-6-2-7-18-34)54-51(53-49)44-31-38(30-43-42-24-11-13-26-47(42)56-48(43)44)36-20-14-19-35(29-36)37-27-28-41-40-23-10-12-25-45(40)55(46(41)32-37)39-21-8-3-9-22-39/h1-36H;1-32H. The number of thiophene rings is 2. The van der Waals surface area contributed by atoms with E-state index in [1.165, 1.54) is 91.3 Å². The van der Waals surface area contributed by atoms with Gasteiger partial charge >= 0.3 is 0 Å². The summed E-state index contributed by atoms with van der Waals surface area (Å²) in [6.45, 7) is 0. The predicted octanol–water partition coefficient (Wildman–Crippen LogP) is 29.0. The van der Waals surface area contributed by atoms with E-state index in [9.17, 15) is 0 Å². The van der Waals surface area contributed by atoms with Crippen molar-refractivity contribution in [3.63, 3.8) is 0 Å². The van der Waals surface area contributed by atoms with Crippen LogP contribution in [0.4, 0.5) is 0 Å². The molecule has 6 heterocycles. The van der Waals surface area contributed by atoms with Crippen molar-refractivity contribution in [3.05, 3.63) is 413 Å². The quantitative estimate of drug-likeness (QED) is 0.114. The summed E-state index contributed by atoms with van der Waals surface area (Å²) in [4.78, 5) is 30.8. The molecule has 0 N–H and O–H groups in total. The Labute approximate surface area is 688 Å².